The molecule has 0 fully saturated rings. The Morgan fingerprint density at radius 1 is 1.00 bits per heavy atom. The van der Waals surface area contributed by atoms with E-state index in [0.29, 0.717) is 0 Å². The summed E-state index contributed by atoms with van der Waals surface area (Å²) >= 11 is 0. The second-order valence-electron chi connectivity index (χ2n) is 3.89. The molecule has 1 nitrogen and oxygen atoms in total. The van der Waals surface area contributed by atoms with E-state index < -0.39 is 0 Å². The van der Waals surface area contributed by atoms with Gasteiger partial charge in [0, 0.05) is 5.56 Å². The van der Waals surface area contributed by atoms with E-state index in [1.807, 2.05) is 61.5 Å². The molecule has 0 radical (unpaired) electrons. The highest BCUT2D eigenvalue weighted by Gasteiger charge is 2.08. The minimum atomic E-state index is -0.334. The van der Waals surface area contributed by atoms with E-state index in [1.54, 1.807) is 0 Å². The Labute approximate surface area is 102 Å². The Hall–Kier alpha value is -2.20. The third-order valence-corrected chi connectivity index (χ3v) is 2.53. The summed E-state index contributed by atoms with van der Waals surface area (Å²) in [7, 11) is 0. The molecule has 0 N–H and O–H groups in total. The monoisotopic (exact) mass is 222 g/mol. The third kappa shape index (κ3) is 2.89. The molecule has 17 heavy (non-hydrogen) atoms. The lowest BCUT2D eigenvalue weighted by Gasteiger charge is -2.14. The van der Waals surface area contributed by atoms with Gasteiger partial charge >= 0.3 is 0 Å². The van der Waals surface area contributed by atoms with Crippen molar-refractivity contribution in [2.45, 2.75) is 13.0 Å². The van der Waals surface area contributed by atoms with Crippen LogP contribution < -0.4 is 4.74 Å². The lowest BCUT2D eigenvalue weighted by atomic mass is 10.1. The van der Waals surface area contributed by atoms with Gasteiger partial charge in [-0.05, 0) is 19.1 Å². The average Bonchev–Trinajstić information content (AvgIpc) is 2.39. The van der Waals surface area contributed by atoms with Gasteiger partial charge in [-0.2, -0.15) is 0 Å². The lowest BCUT2D eigenvalue weighted by Crippen LogP contribution is -2.04. The Balaban J connectivity index is 2.17. The first-order valence-electron chi connectivity index (χ1n) is 5.54. The normalized spacial score (nSPS) is 11.5. The van der Waals surface area contributed by atoms with Crippen molar-refractivity contribution in [3.05, 3.63) is 65.7 Å². The number of hydrogen-bond donors (Lipinski definition) is 0. The van der Waals surface area contributed by atoms with Gasteiger partial charge < -0.3 is 4.74 Å². The van der Waals surface area contributed by atoms with Crippen LogP contribution in [0.15, 0.2) is 54.6 Å². The van der Waals surface area contributed by atoms with Crippen molar-refractivity contribution in [1.82, 2.24) is 0 Å². The Bertz CT molecular complexity index is 505. The number of rotatable bonds is 3. The molecule has 2 aromatic carbocycles. The maximum Gasteiger partial charge on any atom is 0.184 e. The van der Waals surface area contributed by atoms with Gasteiger partial charge in [0.2, 0.25) is 0 Å². The van der Waals surface area contributed by atoms with Gasteiger partial charge in [0.15, 0.2) is 6.10 Å². The maximum atomic E-state index is 5.77. The molecule has 0 heterocycles. The van der Waals surface area contributed by atoms with Crippen LogP contribution in [0.1, 0.15) is 17.2 Å². The molecule has 0 amide bonds. The van der Waals surface area contributed by atoms with E-state index in [0.717, 1.165) is 11.3 Å². The smallest absolute Gasteiger partial charge is 0.184 e. The fraction of sp³-hybridized carbons (Fsp3) is 0.125. The zero-order valence-corrected chi connectivity index (χ0v) is 9.76. The molecule has 0 aromatic heterocycles. The van der Waals surface area contributed by atoms with Crippen LogP contribution in [-0.4, -0.2) is 0 Å². The summed E-state index contributed by atoms with van der Waals surface area (Å²) in [4.78, 5) is 0. The maximum absolute atomic E-state index is 5.77. The first-order valence-corrected chi connectivity index (χ1v) is 5.54. The van der Waals surface area contributed by atoms with Gasteiger partial charge in [-0.25, -0.2) is 0 Å². The molecule has 0 aliphatic carbocycles. The number of ether oxygens (including phenoxy) is 1. The topological polar surface area (TPSA) is 9.23 Å². The quantitative estimate of drug-likeness (QED) is 0.719. The van der Waals surface area contributed by atoms with Crippen LogP contribution in [0.5, 0.6) is 5.75 Å². The highest BCUT2D eigenvalue weighted by molar-refractivity contribution is 5.30. The zero-order chi connectivity index (χ0) is 12.1. The van der Waals surface area contributed by atoms with Gasteiger partial charge in [-0.3, -0.25) is 0 Å². The Kier molecular flexibility index (Phi) is 3.47. The predicted octanol–water partition coefficient (Wildman–Crippen LogP) is 3.75. The zero-order valence-electron chi connectivity index (χ0n) is 9.76. The molecule has 0 spiro atoms. The van der Waals surface area contributed by atoms with Gasteiger partial charge in [0.05, 0.1) is 0 Å². The molecule has 0 bridgehead atoms. The molecule has 0 saturated carbocycles. The molecule has 2 rings (SSSR count). The van der Waals surface area contributed by atoms with Gasteiger partial charge in [-0.1, -0.05) is 53.9 Å². The van der Waals surface area contributed by atoms with Crippen molar-refractivity contribution in [2.75, 3.05) is 0 Å². The van der Waals surface area contributed by atoms with Crippen molar-refractivity contribution in [3.8, 4) is 18.1 Å². The van der Waals surface area contributed by atoms with Crippen molar-refractivity contribution in [3.63, 3.8) is 0 Å². The van der Waals surface area contributed by atoms with E-state index in [4.69, 9.17) is 11.2 Å². The molecule has 1 atom stereocenters. The van der Waals surface area contributed by atoms with Crippen LogP contribution in [0.4, 0.5) is 0 Å². The summed E-state index contributed by atoms with van der Waals surface area (Å²) < 4.78 is 5.77. The van der Waals surface area contributed by atoms with Crippen molar-refractivity contribution < 1.29 is 4.74 Å². The number of aryl methyl sites for hydroxylation is 1. The average molecular weight is 222 g/mol. The predicted molar refractivity (Wildman–Crippen MR) is 69.8 cm³/mol. The van der Waals surface area contributed by atoms with Gasteiger partial charge in [0.1, 0.15) is 5.75 Å². The van der Waals surface area contributed by atoms with E-state index in [2.05, 4.69) is 5.92 Å². The van der Waals surface area contributed by atoms with E-state index in [-0.39, 0.29) is 6.10 Å². The first-order chi connectivity index (χ1) is 8.29. The largest absolute Gasteiger partial charge is 0.473 e. The standard InChI is InChI=1S/C16H14O/c1-3-16(14-7-5-4-6-8-14)17-15-11-9-13(2)10-12-15/h1,4-12,16H,2H3. The molecule has 84 valence electrons. The van der Waals surface area contributed by atoms with E-state index >= 15 is 0 Å². The molecule has 0 saturated heterocycles. The molecular weight excluding hydrogens is 208 g/mol. The third-order valence-electron chi connectivity index (χ3n) is 2.53. The van der Waals surface area contributed by atoms with Crippen LogP contribution in [-0.2, 0) is 0 Å². The summed E-state index contributed by atoms with van der Waals surface area (Å²) in [5, 5.41) is 0. The van der Waals surface area contributed by atoms with E-state index in [1.165, 1.54) is 5.56 Å². The van der Waals surface area contributed by atoms with Crippen molar-refractivity contribution >= 4 is 0 Å². The summed E-state index contributed by atoms with van der Waals surface area (Å²) in [6.45, 7) is 2.04. The second kappa shape index (κ2) is 5.23. The molecular formula is C16H14O. The summed E-state index contributed by atoms with van der Waals surface area (Å²) in [5.74, 6) is 3.45. The van der Waals surface area contributed by atoms with Crippen LogP contribution in [0.3, 0.4) is 0 Å². The van der Waals surface area contributed by atoms with Crippen LogP contribution in [0.2, 0.25) is 0 Å². The Morgan fingerprint density at radius 3 is 2.24 bits per heavy atom. The summed E-state index contributed by atoms with van der Waals surface area (Å²) in [5.41, 5.74) is 2.20. The molecule has 1 heteroatoms. The number of benzene rings is 2. The second-order valence-corrected chi connectivity index (χ2v) is 3.89. The Morgan fingerprint density at radius 2 is 1.65 bits per heavy atom. The number of hydrogen-bond acceptors (Lipinski definition) is 1. The lowest BCUT2D eigenvalue weighted by molar-refractivity contribution is 0.265. The highest BCUT2D eigenvalue weighted by Crippen LogP contribution is 2.21. The highest BCUT2D eigenvalue weighted by atomic mass is 16.5. The molecule has 2 aromatic rings. The minimum Gasteiger partial charge on any atom is -0.473 e. The van der Waals surface area contributed by atoms with Crippen molar-refractivity contribution in [2.24, 2.45) is 0 Å². The van der Waals surface area contributed by atoms with Crippen LogP contribution in [0, 0.1) is 19.3 Å². The summed E-state index contributed by atoms with van der Waals surface area (Å²) in [6.07, 6.45) is 5.17. The molecule has 0 aliphatic rings. The molecule has 1 unspecified atom stereocenters. The fourth-order valence-corrected chi connectivity index (χ4v) is 1.58. The van der Waals surface area contributed by atoms with Gasteiger partial charge in [0.25, 0.3) is 0 Å². The van der Waals surface area contributed by atoms with Crippen LogP contribution in [0.25, 0.3) is 0 Å². The SMILES string of the molecule is C#CC(Oc1ccc(C)cc1)c1ccccc1. The first kappa shape index (κ1) is 11.3. The van der Waals surface area contributed by atoms with Crippen molar-refractivity contribution in [1.29, 1.82) is 0 Å². The van der Waals surface area contributed by atoms with E-state index in [9.17, 15) is 0 Å². The van der Waals surface area contributed by atoms with Gasteiger partial charge in [-0.15, -0.1) is 6.42 Å². The van der Waals surface area contributed by atoms with Crippen LogP contribution >= 0.6 is 0 Å². The molecule has 0 aliphatic heterocycles. The summed E-state index contributed by atoms with van der Waals surface area (Å²) in [6, 6.07) is 17.7. The fourth-order valence-electron chi connectivity index (χ4n) is 1.58. The number of terminal acetylenes is 1. The minimum absolute atomic E-state index is 0.334.